The summed E-state index contributed by atoms with van der Waals surface area (Å²) in [5.74, 6) is 0.547. The van der Waals surface area contributed by atoms with Crippen LogP contribution in [0.2, 0.25) is 0 Å². The van der Waals surface area contributed by atoms with E-state index in [9.17, 15) is 13.2 Å². The average molecular weight is 467 g/mol. The first-order valence-corrected chi connectivity index (χ1v) is 12.6. The summed E-state index contributed by atoms with van der Waals surface area (Å²) in [6, 6.07) is 21.8. The molecule has 6 nitrogen and oxygen atoms in total. The van der Waals surface area contributed by atoms with Crippen molar-refractivity contribution in [3.8, 4) is 5.75 Å². The standard InChI is InChI=1S/C26H30N2O4S/c1-5-25(20-12-16-24(32-3)17-13-20)27-26(29)21-10-14-23(15-11-21)28(33(4,30)31)18-22-9-7-6-8-19(22)2/h6-17,25H,5,18H2,1-4H3,(H,27,29)/t25-/m0/s1. The average Bonchev–Trinajstić information content (AvgIpc) is 2.81. The van der Waals surface area contributed by atoms with Gasteiger partial charge in [-0.3, -0.25) is 9.10 Å². The second kappa shape index (κ2) is 10.5. The number of ether oxygens (including phenoxy) is 1. The van der Waals surface area contributed by atoms with Gasteiger partial charge in [0.1, 0.15) is 5.75 Å². The molecule has 0 aliphatic heterocycles. The minimum absolute atomic E-state index is 0.142. The molecule has 0 aromatic heterocycles. The van der Waals surface area contributed by atoms with Crippen molar-refractivity contribution < 1.29 is 17.9 Å². The van der Waals surface area contributed by atoms with Gasteiger partial charge in [0.05, 0.1) is 31.6 Å². The molecule has 1 N–H and O–H groups in total. The van der Waals surface area contributed by atoms with Crippen LogP contribution in [0.4, 0.5) is 5.69 Å². The maximum atomic E-state index is 12.9. The Bertz CT molecular complexity index is 1190. The fourth-order valence-corrected chi connectivity index (χ4v) is 4.50. The van der Waals surface area contributed by atoms with E-state index in [0.717, 1.165) is 28.9 Å². The van der Waals surface area contributed by atoms with Gasteiger partial charge in [-0.2, -0.15) is 0 Å². The van der Waals surface area contributed by atoms with E-state index in [4.69, 9.17) is 4.74 Å². The number of carbonyl (C=O) groups excluding carboxylic acids is 1. The summed E-state index contributed by atoms with van der Waals surface area (Å²) < 4.78 is 31.5. The van der Waals surface area contributed by atoms with E-state index in [0.29, 0.717) is 11.3 Å². The zero-order valence-corrected chi connectivity index (χ0v) is 20.2. The molecule has 1 amide bonds. The van der Waals surface area contributed by atoms with Gasteiger partial charge in [-0.25, -0.2) is 8.42 Å². The van der Waals surface area contributed by atoms with E-state index in [1.807, 2.05) is 62.4 Å². The topological polar surface area (TPSA) is 75.7 Å². The predicted molar refractivity (Wildman–Crippen MR) is 132 cm³/mol. The third kappa shape index (κ3) is 6.14. The molecule has 33 heavy (non-hydrogen) atoms. The minimum Gasteiger partial charge on any atom is -0.497 e. The van der Waals surface area contributed by atoms with E-state index in [1.54, 1.807) is 31.4 Å². The molecular weight excluding hydrogens is 436 g/mol. The van der Waals surface area contributed by atoms with E-state index in [2.05, 4.69) is 5.32 Å². The van der Waals surface area contributed by atoms with E-state index in [-0.39, 0.29) is 18.5 Å². The first-order chi connectivity index (χ1) is 15.7. The van der Waals surface area contributed by atoms with Crippen LogP contribution in [0.1, 0.15) is 46.4 Å². The lowest BCUT2D eigenvalue weighted by Gasteiger charge is -2.24. The van der Waals surface area contributed by atoms with E-state index >= 15 is 0 Å². The van der Waals surface area contributed by atoms with Crippen LogP contribution in [0, 0.1) is 6.92 Å². The van der Waals surface area contributed by atoms with Crippen LogP contribution in [-0.4, -0.2) is 27.7 Å². The Morgan fingerprint density at radius 1 is 1.00 bits per heavy atom. The van der Waals surface area contributed by atoms with Gasteiger partial charge in [-0.05, 0) is 66.4 Å². The van der Waals surface area contributed by atoms with Crippen LogP contribution < -0.4 is 14.4 Å². The molecule has 0 saturated heterocycles. The van der Waals surface area contributed by atoms with Crippen molar-refractivity contribution >= 4 is 21.6 Å². The molecule has 1 atom stereocenters. The van der Waals surface area contributed by atoms with Gasteiger partial charge in [0.15, 0.2) is 0 Å². The lowest BCUT2D eigenvalue weighted by Crippen LogP contribution is -2.30. The van der Waals surface area contributed by atoms with Gasteiger partial charge in [-0.1, -0.05) is 43.3 Å². The Morgan fingerprint density at radius 2 is 1.64 bits per heavy atom. The summed E-state index contributed by atoms with van der Waals surface area (Å²) in [5.41, 5.74) is 3.92. The molecule has 174 valence electrons. The largest absolute Gasteiger partial charge is 0.497 e. The maximum Gasteiger partial charge on any atom is 0.251 e. The first-order valence-electron chi connectivity index (χ1n) is 10.8. The SMILES string of the molecule is CC[C@H](NC(=O)c1ccc(N(Cc2ccccc2C)S(C)(=O)=O)cc1)c1ccc(OC)cc1. The number of nitrogens with zero attached hydrogens (tertiary/aromatic N) is 1. The molecule has 0 spiro atoms. The van der Waals surface area contributed by atoms with Gasteiger partial charge >= 0.3 is 0 Å². The van der Waals surface area contributed by atoms with Gasteiger partial charge in [0.2, 0.25) is 10.0 Å². The summed E-state index contributed by atoms with van der Waals surface area (Å²) >= 11 is 0. The highest BCUT2D eigenvalue weighted by Crippen LogP contribution is 2.24. The molecule has 0 bridgehead atoms. The summed E-state index contributed by atoms with van der Waals surface area (Å²) in [4.78, 5) is 12.9. The summed E-state index contributed by atoms with van der Waals surface area (Å²) in [6.07, 6.45) is 1.92. The number of hydrogen-bond acceptors (Lipinski definition) is 4. The predicted octanol–water partition coefficient (Wildman–Crippen LogP) is 4.85. The Kier molecular flexibility index (Phi) is 7.76. The molecule has 0 unspecified atom stereocenters. The lowest BCUT2D eigenvalue weighted by molar-refractivity contribution is 0.0935. The summed E-state index contributed by atoms with van der Waals surface area (Å²) in [6.45, 7) is 4.19. The number of aryl methyl sites for hydroxylation is 1. The second-order valence-corrected chi connectivity index (χ2v) is 9.86. The molecule has 0 radical (unpaired) electrons. The van der Waals surface area contributed by atoms with Crippen molar-refractivity contribution in [1.82, 2.24) is 5.32 Å². The Balaban J connectivity index is 1.77. The highest BCUT2D eigenvalue weighted by molar-refractivity contribution is 7.92. The number of nitrogens with one attached hydrogen (secondary N) is 1. The number of methoxy groups -OCH3 is 1. The smallest absolute Gasteiger partial charge is 0.251 e. The third-order valence-electron chi connectivity index (χ3n) is 5.62. The van der Waals surface area contributed by atoms with Crippen molar-refractivity contribution in [1.29, 1.82) is 0 Å². The van der Waals surface area contributed by atoms with Crippen molar-refractivity contribution in [3.63, 3.8) is 0 Å². The van der Waals surface area contributed by atoms with Crippen LogP contribution in [0.3, 0.4) is 0 Å². The van der Waals surface area contributed by atoms with Crippen LogP contribution in [0.25, 0.3) is 0 Å². The molecule has 0 heterocycles. The minimum atomic E-state index is -3.51. The third-order valence-corrected chi connectivity index (χ3v) is 6.77. The molecule has 7 heteroatoms. The monoisotopic (exact) mass is 466 g/mol. The molecule has 3 aromatic rings. The number of carbonyl (C=O) groups is 1. The number of amides is 1. The van der Waals surface area contributed by atoms with Crippen LogP contribution in [0.15, 0.2) is 72.8 Å². The number of rotatable bonds is 9. The van der Waals surface area contributed by atoms with E-state index < -0.39 is 10.0 Å². The maximum absolute atomic E-state index is 12.9. The second-order valence-electron chi connectivity index (χ2n) is 7.95. The van der Waals surface area contributed by atoms with Crippen LogP contribution in [-0.2, 0) is 16.6 Å². The Hall–Kier alpha value is -3.32. The lowest BCUT2D eigenvalue weighted by atomic mass is 10.0. The van der Waals surface area contributed by atoms with Crippen molar-refractivity contribution in [2.75, 3.05) is 17.7 Å². The fourth-order valence-electron chi connectivity index (χ4n) is 3.62. The normalized spacial score (nSPS) is 12.1. The van der Waals surface area contributed by atoms with E-state index in [1.165, 1.54) is 10.6 Å². The van der Waals surface area contributed by atoms with Crippen molar-refractivity contribution in [2.24, 2.45) is 0 Å². The Labute approximate surface area is 196 Å². The molecule has 3 aromatic carbocycles. The van der Waals surface area contributed by atoms with Gasteiger partial charge in [0.25, 0.3) is 5.91 Å². The van der Waals surface area contributed by atoms with Crippen molar-refractivity contribution in [2.45, 2.75) is 32.9 Å². The Morgan fingerprint density at radius 3 is 2.18 bits per heavy atom. The molecule has 0 saturated carbocycles. The fraction of sp³-hybridized carbons (Fsp3) is 0.269. The zero-order valence-electron chi connectivity index (χ0n) is 19.4. The first kappa shape index (κ1) is 24.3. The molecule has 0 aliphatic rings. The van der Waals surface area contributed by atoms with Gasteiger partial charge < -0.3 is 10.1 Å². The number of benzene rings is 3. The van der Waals surface area contributed by atoms with Crippen LogP contribution >= 0.6 is 0 Å². The van der Waals surface area contributed by atoms with Gasteiger partial charge in [0, 0.05) is 5.56 Å². The quantitative estimate of drug-likeness (QED) is 0.489. The molecule has 3 rings (SSSR count). The van der Waals surface area contributed by atoms with Crippen LogP contribution in [0.5, 0.6) is 5.75 Å². The highest BCUT2D eigenvalue weighted by Gasteiger charge is 2.20. The number of anilines is 1. The molecule has 0 aliphatic carbocycles. The number of hydrogen-bond donors (Lipinski definition) is 1. The zero-order chi connectivity index (χ0) is 24.0. The summed E-state index contributed by atoms with van der Waals surface area (Å²) in [5, 5.41) is 3.05. The summed E-state index contributed by atoms with van der Waals surface area (Å²) in [7, 11) is -1.89. The number of sulfonamides is 1. The van der Waals surface area contributed by atoms with Crippen molar-refractivity contribution in [3.05, 3.63) is 95.1 Å². The van der Waals surface area contributed by atoms with Gasteiger partial charge in [-0.15, -0.1) is 0 Å². The highest BCUT2D eigenvalue weighted by atomic mass is 32.2. The molecule has 0 fully saturated rings. The molecular formula is C26H30N2O4S.